The molecule has 0 spiro atoms. The van der Waals surface area contributed by atoms with Gasteiger partial charge in [0.25, 0.3) is 5.91 Å². The highest BCUT2D eigenvalue weighted by Gasteiger charge is 2.18. The highest BCUT2D eigenvalue weighted by molar-refractivity contribution is 5.97. The topological polar surface area (TPSA) is 55.4 Å². The van der Waals surface area contributed by atoms with Crippen molar-refractivity contribution in [1.29, 1.82) is 0 Å². The van der Waals surface area contributed by atoms with Crippen LogP contribution in [0, 0.1) is 5.92 Å². The highest BCUT2D eigenvalue weighted by Crippen LogP contribution is 2.14. The minimum Gasteiger partial charge on any atom is -0.491 e. The molecule has 0 heterocycles. The van der Waals surface area contributed by atoms with Crippen LogP contribution in [0.3, 0.4) is 0 Å². The van der Waals surface area contributed by atoms with E-state index in [-0.39, 0.29) is 23.4 Å². The summed E-state index contributed by atoms with van der Waals surface area (Å²) in [5.74, 6) is -0.287. The molecule has 0 fully saturated rings. The Morgan fingerprint density at radius 3 is 2.16 bits per heavy atom. The molecule has 0 unspecified atom stereocenters. The van der Waals surface area contributed by atoms with Gasteiger partial charge in [-0.1, -0.05) is 32.0 Å². The lowest BCUT2D eigenvalue weighted by Gasteiger charge is -2.17. The summed E-state index contributed by atoms with van der Waals surface area (Å²) in [5.41, 5.74) is 1.04. The first kappa shape index (κ1) is 15.0. The number of amides is 1. The maximum Gasteiger partial charge on any atom is 0.255 e. The van der Waals surface area contributed by atoms with Gasteiger partial charge in [-0.25, -0.2) is 0 Å². The van der Waals surface area contributed by atoms with Crippen molar-refractivity contribution in [3.05, 3.63) is 47.4 Å². The summed E-state index contributed by atoms with van der Waals surface area (Å²) in [6.45, 7) is 5.20. The van der Waals surface area contributed by atoms with Gasteiger partial charge in [0.05, 0.1) is 12.8 Å². The number of carbonyl (C=O) groups excluding carboxylic acids is 2. The van der Waals surface area contributed by atoms with Gasteiger partial charge in [-0.3, -0.25) is 9.59 Å². The monoisotopic (exact) mass is 261 g/mol. The molecule has 4 heteroatoms. The average Bonchev–Trinajstić information content (AvgIpc) is 2.38. The molecule has 1 rings (SSSR count). The molecule has 1 N–H and O–H groups in total. The molecule has 0 atom stereocenters. The second-order valence-corrected chi connectivity index (χ2v) is 4.48. The van der Waals surface area contributed by atoms with Gasteiger partial charge in [-0.05, 0) is 18.1 Å². The summed E-state index contributed by atoms with van der Waals surface area (Å²) in [7, 11) is 1.42. The fourth-order valence-electron chi connectivity index (χ4n) is 1.69. The molecule has 0 aliphatic rings. The molecular weight excluding hydrogens is 242 g/mol. The van der Waals surface area contributed by atoms with E-state index in [1.54, 1.807) is 24.3 Å². The summed E-state index contributed by atoms with van der Waals surface area (Å²) in [6, 6.07) is 8.85. The third-order valence-electron chi connectivity index (χ3n) is 2.63. The Labute approximate surface area is 113 Å². The van der Waals surface area contributed by atoms with Crippen molar-refractivity contribution in [3.63, 3.8) is 0 Å². The zero-order chi connectivity index (χ0) is 14.4. The van der Waals surface area contributed by atoms with Crippen LogP contribution in [0.2, 0.25) is 0 Å². The number of nitrogens with one attached hydrogen (secondary N) is 1. The molecule has 0 saturated heterocycles. The number of hydrogen-bond donors (Lipinski definition) is 1. The fourth-order valence-corrected chi connectivity index (χ4v) is 1.69. The zero-order valence-electron chi connectivity index (χ0n) is 11.7. The van der Waals surface area contributed by atoms with Gasteiger partial charge >= 0.3 is 0 Å². The molecule has 102 valence electrons. The van der Waals surface area contributed by atoms with Crippen molar-refractivity contribution >= 4 is 11.7 Å². The van der Waals surface area contributed by atoms with Crippen LogP contribution in [0.4, 0.5) is 0 Å². The quantitative estimate of drug-likeness (QED) is 0.654. The first-order valence-corrected chi connectivity index (χ1v) is 6.12. The van der Waals surface area contributed by atoms with E-state index in [2.05, 4.69) is 5.32 Å². The Morgan fingerprint density at radius 1 is 1.16 bits per heavy atom. The predicted molar refractivity (Wildman–Crippen MR) is 73.5 cm³/mol. The van der Waals surface area contributed by atoms with Crippen molar-refractivity contribution in [2.75, 3.05) is 7.11 Å². The molecule has 1 amide bonds. The van der Waals surface area contributed by atoms with Crippen LogP contribution in [0.1, 0.15) is 31.1 Å². The van der Waals surface area contributed by atoms with Crippen LogP contribution in [0.25, 0.3) is 0 Å². The van der Waals surface area contributed by atoms with Gasteiger partial charge in [0.15, 0.2) is 11.5 Å². The Kier molecular flexibility index (Phi) is 5.30. The first-order valence-electron chi connectivity index (χ1n) is 6.12. The molecule has 0 aliphatic carbocycles. The number of ketones is 1. The number of hydrogen-bond acceptors (Lipinski definition) is 3. The van der Waals surface area contributed by atoms with Gasteiger partial charge < -0.3 is 10.1 Å². The van der Waals surface area contributed by atoms with E-state index in [4.69, 9.17) is 4.74 Å². The normalized spacial score (nSPS) is 11.8. The van der Waals surface area contributed by atoms with Crippen LogP contribution in [-0.2, 0) is 9.53 Å². The minimum absolute atomic E-state index is 0.0217. The van der Waals surface area contributed by atoms with Crippen molar-refractivity contribution in [1.82, 2.24) is 5.32 Å². The molecule has 0 aliphatic heterocycles. The second-order valence-electron chi connectivity index (χ2n) is 4.48. The zero-order valence-corrected chi connectivity index (χ0v) is 11.7. The standard InChI is InChI=1S/C15H19NO3/c1-10(2)13(14(19-4)11(3)17)16-15(18)12-8-6-5-7-9-12/h5-10H,1-4H3,(H,16,18)/b14-13+. The van der Waals surface area contributed by atoms with Crippen molar-refractivity contribution < 1.29 is 14.3 Å². The minimum atomic E-state index is -0.250. The van der Waals surface area contributed by atoms with Gasteiger partial charge in [-0.2, -0.15) is 0 Å². The number of rotatable bonds is 5. The van der Waals surface area contributed by atoms with Gasteiger partial charge in [0.2, 0.25) is 0 Å². The molecular formula is C15H19NO3. The predicted octanol–water partition coefficient (Wildman–Crippen LogP) is 2.52. The number of Topliss-reactive ketones (excluding diaryl/α,β-unsaturated/α-hetero) is 1. The Bertz CT molecular complexity index is 489. The first-order chi connectivity index (χ1) is 8.97. The lowest BCUT2D eigenvalue weighted by Crippen LogP contribution is -2.28. The molecule has 1 aromatic rings. The largest absolute Gasteiger partial charge is 0.491 e. The Balaban J connectivity index is 3.04. The molecule has 0 saturated carbocycles. The second kappa shape index (κ2) is 6.73. The fraction of sp³-hybridized carbons (Fsp3) is 0.333. The van der Waals surface area contributed by atoms with Crippen LogP contribution < -0.4 is 5.32 Å². The Morgan fingerprint density at radius 2 is 1.74 bits per heavy atom. The van der Waals surface area contributed by atoms with E-state index < -0.39 is 0 Å². The molecule has 19 heavy (non-hydrogen) atoms. The van der Waals surface area contributed by atoms with E-state index in [9.17, 15) is 9.59 Å². The lowest BCUT2D eigenvalue weighted by molar-refractivity contribution is -0.116. The van der Waals surface area contributed by atoms with Crippen molar-refractivity contribution in [3.8, 4) is 0 Å². The summed E-state index contributed by atoms with van der Waals surface area (Å²) in [5, 5.41) is 2.76. The highest BCUT2D eigenvalue weighted by atomic mass is 16.5. The van der Waals surface area contributed by atoms with E-state index in [0.717, 1.165) is 0 Å². The third kappa shape index (κ3) is 3.95. The van der Waals surface area contributed by atoms with E-state index in [1.807, 2.05) is 19.9 Å². The van der Waals surface area contributed by atoms with Crippen LogP contribution >= 0.6 is 0 Å². The molecule has 0 radical (unpaired) electrons. The summed E-state index contributed by atoms with van der Waals surface area (Å²) < 4.78 is 5.09. The third-order valence-corrected chi connectivity index (χ3v) is 2.63. The summed E-state index contributed by atoms with van der Waals surface area (Å²) in [6.07, 6.45) is 0. The van der Waals surface area contributed by atoms with E-state index in [0.29, 0.717) is 11.3 Å². The molecule has 4 nitrogen and oxygen atoms in total. The SMILES string of the molecule is CO/C(C(C)=O)=C(/NC(=O)c1ccccc1)C(C)C. The maximum atomic E-state index is 12.1. The average molecular weight is 261 g/mol. The number of ether oxygens (including phenoxy) is 1. The number of carbonyl (C=O) groups is 2. The number of methoxy groups -OCH3 is 1. The van der Waals surface area contributed by atoms with Crippen molar-refractivity contribution in [2.45, 2.75) is 20.8 Å². The van der Waals surface area contributed by atoms with E-state index in [1.165, 1.54) is 14.0 Å². The lowest BCUT2D eigenvalue weighted by atomic mass is 10.1. The maximum absolute atomic E-state index is 12.1. The van der Waals surface area contributed by atoms with Gasteiger partial charge in [0, 0.05) is 12.5 Å². The van der Waals surface area contributed by atoms with Gasteiger partial charge in [-0.15, -0.1) is 0 Å². The van der Waals surface area contributed by atoms with Crippen molar-refractivity contribution in [2.24, 2.45) is 5.92 Å². The smallest absolute Gasteiger partial charge is 0.255 e. The molecule has 0 bridgehead atoms. The molecule has 1 aromatic carbocycles. The summed E-state index contributed by atoms with van der Waals surface area (Å²) >= 11 is 0. The van der Waals surface area contributed by atoms with Crippen LogP contribution in [0.5, 0.6) is 0 Å². The van der Waals surface area contributed by atoms with E-state index >= 15 is 0 Å². The summed E-state index contributed by atoms with van der Waals surface area (Å²) in [4.78, 5) is 23.6. The Hall–Kier alpha value is -2.10. The van der Waals surface area contributed by atoms with Crippen LogP contribution in [-0.4, -0.2) is 18.8 Å². The number of benzene rings is 1. The molecule has 0 aromatic heterocycles. The number of allylic oxidation sites excluding steroid dienone is 2. The van der Waals surface area contributed by atoms with Crippen LogP contribution in [0.15, 0.2) is 41.8 Å². The van der Waals surface area contributed by atoms with Gasteiger partial charge in [0.1, 0.15) is 0 Å².